The second kappa shape index (κ2) is 12.2. The Morgan fingerprint density at radius 2 is 1.26 bits per heavy atom. The van der Waals surface area contributed by atoms with E-state index in [4.69, 9.17) is 23.7 Å². The highest BCUT2D eigenvalue weighted by atomic mass is 16.9. The van der Waals surface area contributed by atoms with Crippen LogP contribution in [0.3, 0.4) is 0 Å². The molecule has 0 saturated carbocycles. The second-order valence-corrected chi connectivity index (χ2v) is 6.29. The lowest BCUT2D eigenvalue weighted by atomic mass is 10.4. The lowest BCUT2D eigenvalue weighted by Gasteiger charge is -2.40. The SMILES string of the molecule is CCCCOCCOC(O)C(OC(C)C)(OC(C)C)OC(C)C. The highest BCUT2D eigenvalue weighted by Gasteiger charge is 2.46. The molecule has 6 heteroatoms. The van der Waals surface area contributed by atoms with Gasteiger partial charge in [0, 0.05) is 6.61 Å². The zero-order valence-electron chi connectivity index (χ0n) is 15.8. The van der Waals surface area contributed by atoms with Gasteiger partial charge in [0.05, 0.1) is 31.5 Å². The largest absolute Gasteiger partial charge is 0.379 e. The van der Waals surface area contributed by atoms with Crippen molar-refractivity contribution in [2.45, 2.75) is 91.9 Å². The molecule has 1 N–H and O–H groups in total. The van der Waals surface area contributed by atoms with Gasteiger partial charge in [0.2, 0.25) is 6.29 Å². The van der Waals surface area contributed by atoms with Crippen LogP contribution < -0.4 is 0 Å². The van der Waals surface area contributed by atoms with Crippen LogP contribution >= 0.6 is 0 Å². The topological polar surface area (TPSA) is 66.4 Å². The number of hydrogen-bond acceptors (Lipinski definition) is 6. The molecule has 23 heavy (non-hydrogen) atoms. The number of aliphatic hydroxyl groups is 1. The average molecular weight is 336 g/mol. The molecule has 0 amide bonds. The molecular formula is C17H36O6. The fourth-order valence-electron chi connectivity index (χ4n) is 1.91. The summed E-state index contributed by atoms with van der Waals surface area (Å²) >= 11 is 0. The van der Waals surface area contributed by atoms with Crippen LogP contribution in [0, 0.1) is 0 Å². The maximum Gasteiger partial charge on any atom is 0.338 e. The molecule has 1 atom stereocenters. The van der Waals surface area contributed by atoms with Crippen LogP contribution in [0.15, 0.2) is 0 Å². The Kier molecular flexibility index (Phi) is 12.0. The van der Waals surface area contributed by atoms with Crippen LogP contribution in [0.4, 0.5) is 0 Å². The van der Waals surface area contributed by atoms with Crippen molar-refractivity contribution in [1.29, 1.82) is 0 Å². The average Bonchev–Trinajstić information content (AvgIpc) is 2.39. The van der Waals surface area contributed by atoms with Crippen molar-refractivity contribution in [3.63, 3.8) is 0 Å². The highest BCUT2D eigenvalue weighted by molar-refractivity contribution is 4.67. The van der Waals surface area contributed by atoms with Gasteiger partial charge in [0.1, 0.15) is 0 Å². The first kappa shape index (κ1) is 22.8. The van der Waals surface area contributed by atoms with Crippen molar-refractivity contribution < 1.29 is 28.8 Å². The smallest absolute Gasteiger partial charge is 0.338 e. The van der Waals surface area contributed by atoms with Gasteiger partial charge in [-0.2, -0.15) is 0 Å². The van der Waals surface area contributed by atoms with Crippen molar-refractivity contribution in [2.75, 3.05) is 19.8 Å². The summed E-state index contributed by atoms with van der Waals surface area (Å²) < 4.78 is 28.1. The fraction of sp³-hybridized carbons (Fsp3) is 1.00. The van der Waals surface area contributed by atoms with Gasteiger partial charge in [-0.05, 0) is 48.0 Å². The minimum absolute atomic E-state index is 0.202. The molecule has 0 rings (SSSR count). The predicted octanol–water partition coefficient (Wildman–Crippen LogP) is 3.07. The van der Waals surface area contributed by atoms with Gasteiger partial charge in [-0.1, -0.05) is 13.3 Å². The second-order valence-electron chi connectivity index (χ2n) is 6.29. The molecule has 0 spiro atoms. The molecule has 1 unspecified atom stereocenters. The monoisotopic (exact) mass is 336 g/mol. The van der Waals surface area contributed by atoms with Gasteiger partial charge < -0.3 is 28.8 Å². The first-order valence-corrected chi connectivity index (χ1v) is 8.64. The summed E-state index contributed by atoms with van der Waals surface area (Å²) in [5.41, 5.74) is 0. The van der Waals surface area contributed by atoms with Gasteiger partial charge in [0.25, 0.3) is 0 Å². The molecule has 6 nitrogen and oxygen atoms in total. The minimum atomic E-state index is -1.65. The zero-order chi connectivity index (χ0) is 17.9. The molecule has 0 aromatic rings. The summed E-state index contributed by atoms with van der Waals surface area (Å²) in [5.74, 6) is -1.65. The summed E-state index contributed by atoms with van der Waals surface area (Å²) in [7, 11) is 0. The van der Waals surface area contributed by atoms with Crippen LogP contribution in [0.1, 0.15) is 61.3 Å². The summed E-state index contributed by atoms with van der Waals surface area (Å²) in [4.78, 5) is 0. The summed E-state index contributed by atoms with van der Waals surface area (Å²) in [6.07, 6.45) is 0.115. The molecule has 0 aromatic carbocycles. The van der Waals surface area contributed by atoms with Crippen LogP contribution in [0.5, 0.6) is 0 Å². The molecule has 0 aliphatic rings. The van der Waals surface area contributed by atoms with E-state index in [-0.39, 0.29) is 24.9 Å². The quantitative estimate of drug-likeness (QED) is 0.388. The molecule has 0 bridgehead atoms. The lowest BCUT2D eigenvalue weighted by molar-refractivity contribution is -0.472. The number of hydrogen-bond donors (Lipinski definition) is 1. The van der Waals surface area contributed by atoms with Crippen LogP contribution in [-0.4, -0.2) is 55.5 Å². The van der Waals surface area contributed by atoms with E-state index < -0.39 is 12.3 Å². The number of aliphatic hydroxyl groups excluding tert-OH is 1. The van der Waals surface area contributed by atoms with E-state index in [9.17, 15) is 5.11 Å². The van der Waals surface area contributed by atoms with E-state index in [1.165, 1.54) is 0 Å². The number of unbranched alkanes of at least 4 members (excludes halogenated alkanes) is 1. The number of ether oxygens (including phenoxy) is 5. The summed E-state index contributed by atoms with van der Waals surface area (Å²) in [6, 6.07) is 0. The van der Waals surface area contributed by atoms with Gasteiger partial charge in [0.15, 0.2) is 0 Å². The number of rotatable bonds is 14. The molecule has 0 fully saturated rings. The van der Waals surface area contributed by atoms with Gasteiger partial charge >= 0.3 is 5.97 Å². The molecule has 0 aliphatic heterocycles. The van der Waals surface area contributed by atoms with Crippen molar-refractivity contribution in [3.8, 4) is 0 Å². The van der Waals surface area contributed by atoms with Crippen LogP contribution in [-0.2, 0) is 23.7 Å². The van der Waals surface area contributed by atoms with E-state index in [0.29, 0.717) is 13.2 Å². The standard InChI is InChI=1S/C17H36O6/c1-8-9-10-19-11-12-20-16(18)17(21-13(2)3,22-14(4)5)23-15(6)7/h13-16,18H,8-12H2,1-7H3. The molecule has 140 valence electrons. The molecule has 0 heterocycles. The van der Waals surface area contributed by atoms with Gasteiger partial charge in [-0.3, -0.25) is 0 Å². The third-order valence-corrected chi connectivity index (χ3v) is 2.65. The van der Waals surface area contributed by atoms with E-state index in [2.05, 4.69) is 6.92 Å². The maximum atomic E-state index is 10.5. The summed E-state index contributed by atoms with van der Waals surface area (Å²) in [5, 5.41) is 10.5. The Morgan fingerprint density at radius 1 is 0.783 bits per heavy atom. The first-order chi connectivity index (χ1) is 10.7. The Labute approximate surface area is 141 Å². The highest BCUT2D eigenvalue weighted by Crippen LogP contribution is 2.27. The third kappa shape index (κ3) is 10.3. The van der Waals surface area contributed by atoms with Gasteiger partial charge in [-0.25, -0.2) is 0 Å². The Hall–Kier alpha value is -0.240. The van der Waals surface area contributed by atoms with E-state index in [0.717, 1.165) is 12.8 Å². The van der Waals surface area contributed by atoms with Crippen LogP contribution in [0.25, 0.3) is 0 Å². The van der Waals surface area contributed by atoms with Crippen LogP contribution in [0.2, 0.25) is 0 Å². The van der Waals surface area contributed by atoms with Crippen molar-refractivity contribution in [1.82, 2.24) is 0 Å². The Bertz CT molecular complexity index is 254. The minimum Gasteiger partial charge on any atom is -0.379 e. The molecule has 0 aromatic heterocycles. The zero-order valence-corrected chi connectivity index (χ0v) is 15.8. The Morgan fingerprint density at radius 3 is 1.65 bits per heavy atom. The van der Waals surface area contributed by atoms with E-state index in [1.54, 1.807) is 0 Å². The van der Waals surface area contributed by atoms with Gasteiger partial charge in [-0.15, -0.1) is 0 Å². The molecular weight excluding hydrogens is 300 g/mol. The van der Waals surface area contributed by atoms with E-state index in [1.807, 2.05) is 41.5 Å². The molecule has 0 radical (unpaired) electrons. The van der Waals surface area contributed by atoms with Crippen molar-refractivity contribution in [3.05, 3.63) is 0 Å². The van der Waals surface area contributed by atoms with E-state index >= 15 is 0 Å². The lowest BCUT2D eigenvalue weighted by Crippen LogP contribution is -2.55. The summed E-state index contributed by atoms with van der Waals surface area (Å²) in [6.45, 7) is 14.5. The predicted molar refractivity (Wildman–Crippen MR) is 89.1 cm³/mol. The third-order valence-electron chi connectivity index (χ3n) is 2.65. The fourth-order valence-corrected chi connectivity index (χ4v) is 1.91. The Balaban J connectivity index is 4.72. The maximum absolute atomic E-state index is 10.5. The van der Waals surface area contributed by atoms with Crippen molar-refractivity contribution >= 4 is 0 Å². The van der Waals surface area contributed by atoms with Crippen molar-refractivity contribution in [2.24, 2.45) is 0 Å². The normalized spacial score (nSPS) is 14.2. The molecule has 0 saturated heterocycles. The molecule has 0 aliphatic carbocycles. The first-order valence-electron chi connectivity index (χ1n) is 8.64.